The molecule has 1 saturated heterocycles. The number of alkyl halides is 1. The first kappa shape index (κ1) is 11.4. The van der Waals surface area contributed by atoms with Crippen LogP contribution in [0.25, 0.3) is 0 Å². The van der Waals surface area contributed by atoms with Crippen molar-refractivity contribution in [3.05, 3.63) is 30.1 Å². The van der Waals surface area contributed by atoms with Crippen molar-refractivity contribution >= 4 is 17.5 Å². The van der Waals surface area contributed by atoms with E-state index in [2.05, 4.69) is 17.1 Å². The molecular weight excluding hydrogens is 224 g/mol. The number of piperidine rings is 1. The third-order valence-electron chi connectivity index (χ3n) is 3.14. The highest BCUT2D eigenvalue weighted by Gasteiger charge is 2.22. The van der Waals surface area contributed by atoms with Gasteiger partial charge in [-0.15, -0.1) is 11.6 Å². The maximum atomic E-state index is 11.4. The van der Waals surface area contributed by atoms with Gasteiger partial charge in [0.25, 0.3) is 0 Å². The van der Waals surface area contributed by atoms with Crippen LogP contribution in [0.15, 0.2) is 24.5 Å². The lowest BCUT2D eigenvalue weighted by molar-refractivity contribution is -0.129. The topological polar surface area (TPSA) is 33.2 Å². The van der Waals surface area contributed by atoms with Crippen LogP contribution in [-0.4, -0.2) is 34.8 Å². The quantitative estimate of drug-likeness (QED) is 0.739. The smallest absolute Gasteiger partial charge is 0.237 e. The second kappa shape index (κ2) is 5.30. The van der Waals surface area contributed by atoms with Gasteiger partial charge < -0.3 is 4.90 Å². The molecule has 0 N–H and O–H groups in total. The van der Waals surface area contributed by atoms with E-state index in [1.165, 1.54) is 5.56 Å². The molecule has 0 aromatic carbocycles. The van der Waals surface area contributed by atoms with E-state index in [-0.39, 0.29) is 11.8 Å². The molecule has 0 radical (unpaired) electrons. The average molecular weight is 239 g/mol. The summed E-state index contributed by atoms with van der Waals surface area (Å²) in [5.74, 6) is 0.706. The van der Waals surface area contributed by atoms with Gasteiger partial charge in [-0.25, -0.2) is 0 Å². The summed E-state index contributed by atoms with van der Waals surface area (Å²) >= 11 is 5.54. The third-order valence-corrected chi connectivity index (χ3v) is 3.37. The number of amides is 1. The number of hydrogen-bond acceptors (Lipinski definition) is 2. The molecule has 0 spiro atoms. The number of hydrogen-bond donors (Lipinski definition) is 0. The molecule has 1 aromatic heterocycles. The minimum Gasteiger partial charge on any atom is -0.342 e. The van der Waals surface area contributed by atoms with E-state index in [9.17, 15) is 4.79 Å². The van der Waals surface area contributed by atoms with Gasteiger partial charge in [0.15, 0.2) is 0 Å². The number of carbonyl (C=O) groups excluding carboxylic acids is 1. The molecule has 86 valence electrons. The van der Waals surface area contributed by atoms with Crippen molar-refractivity contribution in [2.75, 3.05) is 19.0 Å². The summed E-state index contributed by atoms with van der Waals surface area (Å²) < 4.78 is 0. The Labute approximate surface area is 100 Å². The second-order valence-electron chi connectivity index (χ2n) is 4.07. The molecule has 2 heterocycles. The van der Waals surface area contributed by atoms with E-state index in [0.717, 1.165) is 25.9 Å². The van der Waals surface area contributed by atoms with Crippen molar-refractivity contribution in [2.24, 2.45) is 0 Å². The fraction of sp³-hybridized carbons (Fsp3) is 0.500. The van der Waals surface area contributed by atoms with Crippen molar-refractivity contribution < 1.29 is 4.79 Å². The Morgan fingerprint density at radius 2 is 2.00 bits per heavy atom. The molecule has 16 heavy (non-hydrogen) atoms. The zero-order valence-electron chi connectivity index (χ0n) is 9.10. The van der Waals surface area contributed by atoms with Crippen LogP contribution in [0.1, 0.15) is 24.3 Å². The van der Waals surface area contributed by atoms with Crippen LogP contribution in [0, 0.1) is 0 Å². The summed E-state index contributed by atoms with van der Waals surface area (Å²) in [5, 5.41) is 0. The molecule has 0 saturated carbocycles. The van der Waals surface area contributed by atoms with Gasteiger partial charge in [0, 0.05) is 25.5 Å². The van der Waals surface area contributed by atoms with Crippen LogP contribution < -0.4 is 0 Å². The first-order valence-corrected chi connectivity index (χ1v) is 6.08. The summed E-state index contributed by atoms with van der Waals surface area (Å²) in [6.45, 7) is 1.64. The highest BCUT2D eigenvalue weighted by Crippen LogP contribution is 2.27. The summed E-state index contributed by atoms with van der Waals surface area (Å²) in [5.41, 5.74) is 1.33. The van der Waals surface area contributed by atoms with E-state index in [0.29, 0.717) is 5.92 Å². The van der Waals surface area contributed by atoms with E-state index in [4.69, 9.17) is 11.6 Å². The molecule has 4 heteroatoms. The Morgan fingerprint density at radius 3 is 2.56 bits per heavy atom. The van der Waals surface area contributed by atoms with Gasteiger partial charge in [-0.05, 0) is 36.5 Å². The van der Waals surface area contributed by atoms with Crippen LogP contribution >= 0.6 is 11.6 Å². The molecule has 0 unspecified atom stereocenters. The average Bonchev–Trinajstić information content (AvgIpc) is 2.39. The molecule has 1 aromatic rings. The third kappa shape index (κ3) is 2.53. The summed E-state index contributed by atoms with van der Waals surface area (Å²) in [6, 6.07) is 4.12. The van der Waals surface area contributed by atoms with Gasteiger partial charge in [-0.2, -0.15) is 0 Å². The fourth-order valence-electron chi connectivity index (χ4n) is 2.18. The lowest BCUT2D eigenvalue weighted by Crippen LogP contribution is -2.38. The van der Waals surface area contributed by atoms with Gasteiger partial charge in [0.2, 0.25) is 5.91 Å². The SMILES string of the molecule is O=C(CCl)N1CCC(c2ccncc2)CC1. The highest BCUT2D eigenvalue weighted by atomic mass is 35.5. The van der Waals surface area contributed by atoms with Gasteiger partial charge in [0.05, 0.1) is 0 Å². The molecule has 1 amide bonds. The molecule has 1 fully saturated rings. The Hall–Kier alpha value is -1.09. The van der Waals surface area contributed by atoms with Crippen molar-refractivity contribution in [1.29, 1.82) is 0 Å². The lowest BCUT2D eigenvalue weighted by atomic mass is 9.90. The number of carbonyl (C=O) groups is 1. The number of aromatic nitrogens is 1. The number of nitrogens with zero attached hydrogens (tertiary/aromatic N) is 2. The van der Waals surface area contributed by atoms with Crippen molar-refractivity contribution in [3.8, 4) is 0 Å². The van der Waals surface area contributed by atoms with Crippen molar-refractivity contribution in [1.82, 2.24) is 9.88 Å². The van der Waals surface area contributed by atoms with Gasteiger partial charge in [-0.1, -0.05) is 0 Å². The first-order chi connectivity index (χ1) is 7.81. The molecule has 0 bridgehead atoms. The predicted octanol–water partition coefficient (Wildman–Crippen LogP) is 2.03. The number of pyridine rings is 1. The van der Waals surface area contributed by atoms with Crippen molar-refractivity contribution in [3.63, 3.8) is 0 Å². The molecule has 1 aliphatic heterocycles. The van der Waals surface area contributed by atoms with Crippen LogP contribution in [0.5, 0.6) is 0 Å². The fourth-order valence-corrected chi connectivity index (χ4v) is 2.35. The van der Waals surface area contributed by atoms with Gasteiger partial charge in [-0.3, -0.25) is 9.78 Å². The van der Waals surface area contributed by atoms with Crippen LogP contribution in [-0.2, 0) is 4.79 Å². The minimum atomic E-state index is 0.0508. The number of halogens is 1. The van der Waals surface area contributed by atoms with Gasteiger partial charge in [0.1, 0.15) is 5.88 Å². The lowest BCUT2D eigenvalue weighted by Gasteiger charge is -2.31. The number of likely N-dealkylation sites (tertiary alicyclic amines) is 1. The monoisotopic (exact) mass is 238 g/mol. The Bertz CT molecular complexity index is 347. The van der Waals surface area contributed by atoms with E-state index in [1.54, 1.807) is 0 Å². The Balaban J connectivity index is 1.93. The Kier molecular flexibility index (Phi) is 3.78. The standard InChI is InChI=1S/C12H15ClN2O/c13-9-12(16)15-7-3-11(4-8-15)10-1-5-14-6-2-10/h1-2,5-6,11H,3-4,7-9H2. The zero-order chi connectivity index (χ0) is 11.4. The van der Waals surface area contributed by atoms with Crippen LogP contribution in [0.2, 0.25) is 0 Å². The summed E-state index contributed by atoms with van der Waals surface area (Å²) in [6.07, 6.45) is 5.69. The molecule has 1 aliphatic rings. The predicted molar refractivity (Wildman–Crippen MR) is 63.5 cm³/mol. The second-order valence-corrected chi connectivity index (χ2v) is 4.34. The van der Waals surface area contributed by atoms with E-state index < -0.39 is 0 Å². The van der Waals surface area contributed by atoms with E-state index >= 15 is 0 Å². The zero-order valence-corrected chi connectivity index (χ0v) is 9.86. The first-order valence-electron chi connectivity index (χ1n) is 5.55. The summed E-state index contributed by atoms with van der Waals surface area (Å²) in [7, 11) is 0. The Morgan fingerprint density at radius 1 is 1.38 bits per heavy atom. The van der Waals surface area contributed by atoms with Gasteiger partial charge >= 0.3 is 0 Å². The highest BCUT2D eigenvalue weighted by molar-refractivity contribution is 6.27. The van der Waals surface area contributed by atoms with Crippen LogP contribution in [0.4, 0.5) is 0 Å². The molecule has 3 nitrogen and oxygen atoms in total. The minimum absolute atomic E-state index is 0.0508. The molecule has 0 atom stereocenters. The normalized spacial score (nSPS) is 17.4. The molecule has 2 rings (SSSR count). The van der Waals surface area contributed by atoms with Crippen molar-refractivity contribution in [2.45, 2.75) is 18.8 Å². The largest absolute Gasteiger partial charge is 0.342 e. The molecular formula is C12H15ClN2O. The van der Waals surface area contributed by atoms with Crippen LogP contribution in [0.3, 0.4) is 0 Å². The molecule has 0 aliphatic carbocycles. The number of rotatable bonds is 2. The maximum Gasteiger partial charge on any atom is 0.237 e. The summed E-state index contributed by atoms with van der Waals surface area (Å²) in [4.78, 5) is 17.3. The van der Waals surface area contributed by atoms with E-state index in [1.807, 2.05) is 17.3 Å². The maximum absolute atomic E-state index is 11.4.